The molecule has 0 saturated heterocycles. The summed E-state index contributed by atoms with van der Waals surface area (Å²) < 4.78 is 7.54. The molecule has 2 fully saturated rings. The molecule has 1 N–H and O–H groups in total. The highest BCUT2D eigenvalue weighted by atomic mass is 16.5. The zero-order valence-corrected chi connectivity index (χ0v) is 19.1. The molecule has 2 heterocycles. The minimum Gasteiger partial charge on any atom is -0.490 e. The molecule has 4 aromatic rings. The van der Waals surface area contributed by atoms with Crippen molar-refractivity contribution in [2.24, 2.45) is 0 Å². The van der Waals surface area contributed by atoms with E-state index in [4.69, 9.17) is 9.72 Å². The van der Waals surface area contributed by atoms with Gasteiger partial charge in [-0.25, -0.2) is 9.78 Å². The molecule has 2 aliphatic carbocycles. The summed E-state index contributed by atoms with van der Waals surface area (Å²) in [7, 11) is 0. The second-order valence-corrected chi connectivity index (χ2v) is 9.58. The van der Waals surface area contributed by atoms with Gasteiger partial charge in [-0.1, -0.05) is 43.5 Å². The molecular weight excluding hydrogens is 424 g/mol. The molecule has 0 bridgehead atoms. The van der Waals surface area contributed by atoms with Crippen molar-refractivity contribution in [2.75, 3.05) is 0 Å². The highest BCUT2D eigenvalue weighted by molar-refractivity contribution is 5.96. The lowest BCUT2D eigenvalue weighted by Crippen LogP contribution is -2.07. The fourth-order valence-electron chi connectivity index (χ4n) is 5.11. The third-order valence-electron chi connectivity index (χ3n) is 7.10. The molecule has 2 aromatic heterocycles. The molecule has 6 rings (SSSR count). The molecule has 5 nitrogen and oxygen atoms in total. The van der Waals surface area contributed by atoms with Gasteiger partial charge in [0.1, 0.15) is 17.1 Å². The Morgan fingerprint density at radius 2 is 1.62 bits per heavy atom. The van der Waals surface area contributed by atoms with E-state index in [0.29, 0.717) is 17.7 Å². The first-order valence-corrected chi connectivity index (χ1v) is 12.3. The first-order valence-electron chi connectivity index (χ1n) is 12.3. The minimum atomic E-state index is -0.977. The van der Waals surface area contributed by atoms with Gasteiger partial charge >= 0.3 is 5.97 Å². The van der Waals surface area contributed by atoms with Crippen LogP contribution < -0.4 is 4.74 Å². The molecule has 34 heavy (non-hydrogen) atoms. The average molecular weight is 453 g/mol. The van der Waals surface area contributed by atoms with Gasteiger partial charge in [-0.3, -0.25) is 4.57 Å². The number of carboxylic acids is 1. The van der Waals surface area contributed by atoms with Gasteiger partial charge in [0.25, 0.3) is 0 Å². The average Bonchev–Trinajstić information content (AvgIpc) is 3.61. The number of hydrogen-bond donors (Lipinski definition) is 1. The van der Waals surface area contributed by atoms with E-state index in [1.165, 1.54) is 37.7 Å². The van der Waals surface area contributed by atoms with Crippen molar-refractivity contribution in [2.45, 2.75) is 57.0 Å². The minimum absolute atomic E-state index is 0.197. The highest BCUT2D eigenvalue weighted by Gasteiger charge is 2.24. The van der Waals surface area contributed by atoms with Crippen molar-refractivity contribution in [3.8, 4) is 22.6 Å². The summed E-state index contributed by atoms with van der Waals surface area (Å²) >= 11 is 0. The predicted molar refractivity (Wildman–Crippen MR) is 133 cm³/mol. The summed E-state index contributed by atoms with van der Waals surface area (Å²) in [6.07, 6.45) is 10.9. The van der Waals surface area contributed by atoms with E-state index in [2.05, 4.69) is 24.3 Å². The first-order chi connectivity index (χ1) is 16.7. The number of rotatable bonds is 6. The van der Waals surface area contributed by atoms with Gasteiger partial charge in [-0.05, 0) is 79.1 Å². The fraction of sp³-hybridized carbons (Fsp3) is 0.310. The van der Waals surface area contributed by atoms with Crippen LogP contribution in [0.3, 0.4) is 0 Å². The zero-order valence-electron chi connectivity index (χ0n) is 19.1. The van der Waals surface area contributed by atoms with E-state index < -0.39 is 5.97 Å². The van der Waals surface area contributed by atoms with Crippen molar-refractivity contribution in [1.29, 1.82) is 0 Å². The largest absolute Gasteiger partial charge is 0.490 e. The third-order valence-corrected chi connectivity index (χ3v) is 7.10. The van der Waals surface area contributed by atoms with Crippen LogP contribution in [0.1, 0.15) is 66.9 Å². The number of hydrogen-bond acceptors (Lipinski definition) is 3. The Hall–Kier alpha value is -3.60. The number of fused-ring (bicyclic) bond motifs is 1. The summed E-state index contributed by atoms with van der Waals surface area (Å²) in [6.45, 7) is 0. The molecule has 0 radical (unpaired) electrons. The van der Waals surface area contributed by atoms with E-state index in [1.807, 2.05) is 36.5 Å². The topological polar surface area (TPSA) is 64.3 Å². The maximum atomic E-state index is 12.1. The van der Waals surface area contributed by atoms with Crippen LogP contribution in [0.4, 0.5) is 0 Å². The lowest BCUT2D eigenvalue weighted by Gasteiger charge is -2.22. The van der Waals surface area contributed by atoms with Crippen molar-refractivity contribution >= 4 is 17.0 Å². The summed E-state index contributed by atoms with van der Waals surface area (Å²) in [4.78, 5) is 16.8. The van der Waals surface area contributed by atoms with E-state index in [-0.39, 0.29) is 5.69 Å². The lowest BCUT2D eigenvalue weighted by molar-refractivity contribution is 0.0688. The van der Waals surface area contributed by atoms with Gasteiger partial charge in [0.2, 0.25) is 0 Å². The van der Waals surface area contributed by atoms with Gasteiger partial charge in [-0.2, -0.15) is 0 Å². The standard InChI is InChI=1S/C29H28N2O3/c32-29(33)27-17-22-16-23(21-8-6-20(7-9-21)19-4-2-1-3-5-19)18-30-28(22)31(27)24-10-12-25(13-11-24)34-26-14-15-26/h6-13,16-19,26H,1-5,14-15H2,(H,32,33). The summed E-state index contributed by atoms with van der Waals surface area (Å²) in [5.74, 6) is 0.512. The van der Waals surface area contributed by atoms with Crippen molar-refractivity contribution < 1.29 is 14.6 Å². The monoisotopic (exact) mass is 452 g/mol. The number of aromatic nitrogens is 2. The van der Waals surface area contributed by atoms with Crippen LogP contribution in [0.15, 0.2) is 66.9 Å². The molecule has 0 unspecified atom stereocenters. The van der Waals surface area contributed by atoms with Crippen molar-refractivity contribution in [3.63, 3.8) is 0 Å². The fourth-order valence-corrected chi connectivity index (χ4v) is 5.11. The quantitative estimate of drug-likeness (QED) is 0.343. The first kappa shape index (κ1) is 21.0. The van der Waals surface area contributed by atoms with Crippen LogP contribution in [-0.4, -0.2) is 26.7 Å². The smallest absolute Gasteiger partial charge is 0.352 e. The third kappa shape index (κ3) is 4.07. The van der Waals surface area contributed by atoms with Gasteiger partial charge in [0, 0.05) is 22.8 Å². The highest BCUT2D eigenvalue weighted by Crippen LogP contribution is 2.34. The molecular formula is C29H28N2O3. The van der Waals surface area contributed by atoms with Crippen LogP contribution in [0.2, 0.25) is 0 Å². The number of nitrogens with zero attached hydrogens (tertiary/aromatic N) is 2. The van der Waals surface area contributed by atoms with E-state index in [1.54, 1.807) is 10.6 Å². The SMILES string of the molecule is O=C(O)c1cc2cc(-c3ccc(C4CCCCC4)cc3)cnc2n1-c1ccc(OC2CC2)cc1. The van der Waals surface area contributed by atoms with Crippen LogP contribution in [0, 0.1) is 0 Å². The Morgan fingerprint density at radius 3 is 2.29 bits per heavy atom. The normalized spacial score (nSPS) is 16.6. The van der Waals surface area contributed by atoms with Gasteiger partial charge in [0.15, 0.2) is 0 Å². The van der Waals surface area contributed by atoms with Crippen LogP contribution in [-0.2, 0) is 0 Å². The maximum absolute atomic E-state index is 12.1. The molecule has 2 aliphatic rings. The summed E-state index contributed by atoms with van der Waals surface area (Å²) in [6, 6.07) is 20.1. The number of carboxylic acid groups (broad SMARTS) is 1. The Labute approximate surface area is 199 Å². The molecule has 0 spiro atoms. The molecule has 2 aromatic carbocycles. The van der Waals surface area contributed by atoms with Crippen LogP contribution >= 0.6 is 0 Å². The molecule has 0 aliphatic heterocycles. The zero-order chi connectivity index (χ0) is 23.1. The van der Waals surface area contributed by atoms with Crippen LogP contribution in [0.5, 0.6) is 5.75 Å². The molecule has 2 saturated carbocycles. The summed E-state index contributed by atoms with van der Waals surface area (Å²) in [5.41, 5.74) is 5.10. The molecule has 0 atom stereocenters. The van der Waals surface area contributed by atoms with Crippen molar-refractivity contribution in [1.82, 2.24) is 9.55 Å². The van der Waals surface area contributed by atoms with Gasteiger partial charge in [0.05, 0.1) is 6.10 Å². The Kier molecular flexibility index (Phi) is 5.33. The van der Waals surface area contributed by atoms with Gasteiger partial charge in [-0.15, -0.1) is 0 Å². The maximum Gasteiger partial charge on any atom is 0.352 e. The Bertz CT molecular complexity index is 1330. The Morgan fingerprint density at radius 1 is 0.882 bits per heavy atom. The number of benzene rings is 2. The summed E-state index contributed by atoms with van der Waals surface area (Å²) in [5, 5.41) is 10.7. The Balaban J connectivity index is 1.33. The van der Waals surface area contributed by atoms with Crippen LogP contribution in [0.25, 0.3) is 27.8 Å². The van der Waals surface area contributed by atoms with E-state index in [9.17, 15) is 9.90 Å². The van der Waals surface area contributed by atoms with E-state index in [0.717, 1.165) is 40.8 Å². The number of pyridine rings is 1. The molecule has 172 valence electrons. The van der Waals surface area contributed by atoms with E-state index >= 15 is 0 Å². The van der Waals surface area contributed by atoms with Gasteiger partial charge < -0.3 is 9.84 Å². The number of aromatic carboxylic acids is 1. The second kappa shape index (κ2) is 8.64. The van der Waals surface area contributed by atoms with Crippen molar-refractivity contribution in [3.05, 3.63) is 78.1 Å². The molecule has 5 heteroatoms. The lowest BCUT2D eigenvalue weighted by atomic mass is 9.84. The number of carbonyl (C=O) groups is 1. The second-order valence-electron chi connectivity index (χ2n) is 9.58. The number of ether oxygens (including phenoxy) is 1. The molecule has 0 amide bonds. The predicted octanol–water partition coefficient (Wildman–Crippen LogP) is 6.98.